The molecule has 0 unspecified atom stereocenters. The monoisotopic (exact) mass is 573 g/mol. The second-order valence-corrected chi connectivity index (χ2v) is 10.7. The number of nitrogens with zero attached hydrogens (tertiary/aromatic N) is 4. The van der Waals surface area contributed by atoms with Crippen molar-refractivity contribution in [1.29, 1.82) is 0 Å². The van der Waals surface area contributed by atoms with E-state index in [9.17, 15) is 22.8 Å². The van der Waals surface area contributed by atoms with Crippen molar-refractivity contribution in [2.24, 2.45) is 10.5 Å². The highest BCUT2D eigenvalue weighted by Gasteiger charge is 2.40. The first-order valence-electron chi connectivity index (χ1n) is 12.3. The number of nitrogens with one attached hydrogen (secondary N) is 1. The maximum absolute atomic E-state index is 13.7. The fourth-order valence-corrected chi connectivity index (χ4v) is 4.41. The summed E-state index contributed by atoms with van der Waals surface area (Å²) in [6.07, 6.45) is -4.07. The molecule has 4 rings (SSSR count). The topological polar surface area (TPSA) is 96.8 Å². The molecule has 0 fully saturated rings. The van der Waals surface area contributed by atoms with Crippen molar-refractivity contribution in [3.63, 3.8) is 0 Å². The van der Waals surface area contributed by atoms with Gasteiger partial charge in [0.05, 0.1) is 19.4 Å². The summed E-state index contributed by atoms with van der Waals surface area (Å²) in [5, 5.41) is 8.99. The van der Waals surface area contributed by atoms with Crippen LogP contribution in [0.1, 0.15) is 54.0 Å². The number of carbonyl (C=O) groups excluding carboxylic acids is 2. The van der Waals surface area contributed by atoms with Crippen molar-refractivity contribution < 1.29 is 27.5 Å². The molecule has 1 N–H and O–H groups in total. The van der Waals surface area contributed by atoms with E-state index >= 15 is 0 Å². The van der Waals surface area contributed by atoms with Crippen LogP contribution >= 0.6 is 11.6 Å². The molecule has 12 heteroatoms. The van der Waals surface area contributed by atoms with Gasteiger partial charge in [0.1, 0.15) is 11.6 Å². The van der Waals surface area contributed by atoms with E-state index in [0.717, 1.165) is 11.8 Å². The summed E-state index contributed by atoms with van der Waals surface area (Å²) in [5.74, 6) is -3.68. The van der Waals surface area contributed by atoms with E-state index < -0.39 is 35.3 Å². The Morgan fingerprint density at radius 1 is 1.07 bits per heavy atom. The number of benzene rings is 2. The lowest BCUT2D eigenvalue weighted by Gasteiger charge is -2.29. The molecule has 1 aliphatic rings. The van der Waals surface area contributed by atoms with Crippen LogP contribution in [0.2, 0.25) is 5.02 Å². The third kappa shape index (κ3) is 6.25. The molecule has 0 radical (unpaired) electrons. The highest BCUT2D eigenvalue weighted by Crippen LogP contribution is 2.35. The number of amides is 1. The van der Waals surface area contributed by atoms with E-state index in [1.54, 1.807) is 45.0 Å². The highest BCUT2D eigenvalue weighted by atomic mass is 35.5. The number of hydrogen-bond acceptors (Lipinski definition) is 7. The van der Waals surface area contributed by atoms with Gasteiger partial charge in [-0.25, -0.2) is 19.8 Å². The minimum Gasteiger partial charge on any atom is -0.467 e. The van der Waals surface area contributed by atoms with Gasteiger partial charge in [-0.1, -0.05) is 74.8 Å². The van der Waals surface area contributed by atoms with Gasteiger partial charge < -0.3 is 10.1 Å². The number of esters is 1. The quantitative estimate of drug-likeness (QED) is 0.393. The number of hydrogen-bond donors (Lipinski definition) is 1. The fraction of sp³-hybridized carbons (Fsp3) is 0.321. The van der Waals surface area contributed by atoms with Gasteiger partial charge in [-0.2, -0.15) is 18.3 Å². The van der Waals surface area contributed by atoms with Crippen LogP contribution in [0.4, 0.5) is 19.0 Å². The first-order chi connectivity index (χ1) is 18.8. The number of alkyl halides is 3. The number of rotatable bonds is 6. The molecule has 210 valence electrons. The molecule has 1 aliphatic heterocycles. The van der Waals surface area contributed by atoms with Crippen LogP contribution in [-0.2, 0) is 15.7 Å². The minimum atomic E-state index is -4.87. The molecule has 2 atom stereocenters. The molecule has 1 amide bonds. The lowest BCUT2D eigenvalue weighted by atomic mass is 9.86. The number of ether oxygens (including phenoxy) is 1. The first-order valence-corrected chi connectivity index (χ1v) is 12.7. The van der Waals surface area contributed by atoms with Crippen molar-refractivity contribution in [3.8, 4) is 0 Å². The van der Waals surface area contributed by atoms with Gasteiger partial charge in [-0.05, 0) is 28.7 Å². The standard InChI is InChI=1S/C28H27ClF3N5O3/c1-27(2,3)22(25(39)40-4)34-24(38)19-14-33-26(28(30,31)32)35-23(19)37-15-20(16-8-6-5-7-9-16)21(36-37)17-10-12-18(29)13-11-17/h5-14,20,22H,15H2,1-4H3,(H,34,38)/t20-,22-/m1/s1. The van der Waals surface area contributed by atoms with E-state index in [1.165, 1.54) is 12.1 Å². The Labute approximate surface area is 234 Å². The second kappa shape index (κ2) is 11.2. The van der Waals surface area contributed by atoms with Crippen LogP contribution in [0.15, 0.2) is 65.9 Å². The molecule has 0 aliphatic carbocycles. The van der Waals surface area contributed by atoms with E-state index in [1.807, 2.05) is 30.3 Å². The Morgan fingerprint density at radius 3 is 2.30 bits per heavy atom. The van der Waals surface area contributed by atoms with E-state index in [-0.39, 0.29) is 23.8 Å². The number of methoxy groups -OCH3 is 1. The summed E-state index contributed by atoms with van der Waals surface area (Å²) in [6.45, 7) is 5.24. The van der Waals surface area contributed by atoms with Crippen LogP contribution in [0.3, 0.4) is 0 Å². The molecule has 2 heterocycles. The van der Waals surface area contributed by atoms with Crippen molar-refractivity contribution in [3.05, 3.63) is 88.3 Å². The zero-order valence-electron chi connectivity index (χ0n) is 22.2. The van der Waals surface area contributed by atoms with Gasteiger partial charge in [0.2, 0.25) is 5.82 Å². The molecule has 0 saturated carbocycles. The summed E-state index contributed by atoms with van der Waals surface area (Å²) in [6, 6.07) is 15.1. The van der Waals surface area contributed by atoms with Crippen molar-refractivity contribution in [2.45, 2.75) is 38.9 Å². The average Bonchev–Trinajstić information content (AvgIpc) is 3.36. The van der Waals surface area contributed by atoms with Gasteiger partial charge in [-0.3, -0.25) is 4.79 Å². The Bertz CT molecular complexity index is 1420. The van der Waals surface area contributed by atoms with Gasteiger partial charge >= 0.3 is 12.1 Å². The summed E-state index contributed by atoms with van der Waals surface area (Å²) >= 11 is 6.07. The lowest BCUT2D eigenvalue weighted by molar-refractivity contribution is -0.146. The van der Waals surface area contributed by atoms with Crippen LogP contribution in [0.25, 0.3) is 0 Å². The molecule has 0 saturated heterocycles. The van der Waals surface area contributed by atoms with E-state index in [0.29, 0.717) is 16.3 Å². The van der Waals surface area contributed by atoms with Crippen LogP contribution in [0.5, 0.6) is 0 Å². The number of hydrazone groups is 1. The molecule has 0 bridgehead atoms. The van der Waals surface area contributed by atoms with E-state index in [2.05, 4.69) is 20.4 Å². The summed E-state index contributed by atoms with van der Waals surface area (Å²) in [4.78, 5) is 33.0. The Balaban J connectivity index is 1.82. The zero-order chi connectivity index (χ0) is 29.2. The smallest absolute Gasteiger partial charge is 0.451 e. The molecule has 8 nitrogen and oxygen atoms in total. The summed E-state index contributed by atoms with van der Waals surface area (Å²) in [7, 11) is 1.18. The minimum absolute atomic E-state index is 0.0935. The summed E-state index contributed by atoms with van der Waals surface area (Å²) < 4.78 is 45.8. The summed E-state index contributed by atoms with van der Waals surface area (Å²) in [5.41, 5.74) is 1.09. The van der Waals surface area contributed by atoms with Crippen molar-refractivity contribution in [2.75, 3.05) is 18.7 Å². The SMILES string of the molecule is COC(=O)[C@@H](NC(=O)c1cnc(C(F)(F)F)nc1N1C[C@H](c2ccccc2)C(c2ccc(Cl)cc2)=N1)C(C)(C)C. The molecule has 1 aromatic heterocycles. The maximum atomic E-state index is 13.7. The zero-order valence-corrected chi connectivity index (χ0v) is 22.9. The lowest BCUT2D eigenvalue weighted by Crippen LogP contribution is -2.50. The predicted octanol–water partition coefficient (Wildman–Crippen LogP) is 5.47. The number of anilines is 1. The van der Waals surface area contributed by atoms with Gasteiger partial charge in [0, 0.05) is 17.1 Å². The normalized spacial score (nSPS) is 16.4. The Morgan fingerprint density at radius 2 is 1.73 bits per heavy atom. The number of aromatic nitrogens is 2. The fourth-order valence-electron chi connectivity index (χ4n) is 4.28. The first kappa shape index (κ1) is 29.0. The maximum Gasteiger partial charge on any atom is 0.451 e. The van der Waals surface area contributed by atoms with Gasteiger partial charge in [0.25, 0.3) is 5.91 Å². The molecular formula is C28H27ClF3N5O3. The van der Waals surface area contributed by atoms with Crippen LogP contribution in [0, 0.1) is 5.41 Å². The van der Waals surface area contributed by atoms with Crippen LogP contribution < -0.4 is 10.3 Å². The van der Waals surface area contributed by atoms with Gasteiger partial charge in [0.15, 0.2) is 5.82 Å². The molecular weight excluding hydrogens is 547 g/mol. The highest BCUT2D eigenvalue weighted by molar-refractivity contribution is 6.30. The third-order valence-corrected chi connectivity index (χ3v) is 6.60. The van der Waals surface area contributed by atoms with Gasteiger partial charge in [-0.15, -0.1) is 0 Å². The number of carbonyl (C=O) groups is 2. The predicted molar refractivity (Wildman–Crippen MR) is 144 cm³/mol. The van der Waals surface area contributed by atoms with Crippen molar-refractivity contribution in [1.82, 2.24) is 15.3 Å². The van der Waals surface area contributed by atoms with E-state index in [4.69, 9.17) is 16.3 Å². The molecule has 3 aromatic rings. The van der Waals surface area contributed by atoms with Crippen LogP contribution in [-0.4, -0.2) is 47.3 Å². The molecule has 40 heavy (non-hydrogen) atoms. The Kier molecular flexibility index (Phi) is 8.15. The largest absolute Gasteiger partial charge is 0.467 e. The molecule has 2 aromatic carbocycles. The van der Waals surface area contributed by atoms with Crippen molar-refractivity contribution >= 4 is 35.0 Å². The second-order valence-electron chi connectivity index (χ2n) is 10.3. The third-order valence-electron chi connectivity index (χ3n) is 6.35. The Hall–Kier alpha value is -3.99. The average molecular weight is 574 g/mol. The molecule has 0 spiro atoms. The number of halogens is 4.